The Hall–Kier alpha value is -1.22. The van der Waals surface area contributed by atoms with E-state index in [2.05, 4.69) is 6.58 Å². The maximum Gasteiger partial charge on any atom is 0.128 e. The Morgan fingerprint density at radius 1 is 1.42 bits per heavy atom. The molecule has 0 amide bonds. The summed E-state index contributed by atoms with van der Waals surface area (Å²) in [5.41, 5.74) is 5.57. The summed E-state index contributed by atoms with van der Waals surface area (Å²) in [5, 5.41) is 0. The minimum atomic E-state index is -0.652. The van der Waals surface area contributed by atoms with Gasteiger partial charge in [-0.1, -0.05) is 6.08 Å². The van der Waals surface area contributed by atoms with Crippen LogP contribution in [0.15, 0.2) is 30.9 Å². The second-order valence-corrected chi connectivity index (χ2v) is 2.43. The zero-order valence-electron chi connectivity index (χ0n) is 6.43. The summed E-state index contributed by atoms with van der Waals surface area (Å²) in [6, 6.07) is 2.52. The number of hydrogen-bond acceptors (Lipinski definition) is 1. The molecule has 0 aliphatic rings. The van der Waals surface area contributed by atoms with Crippen LogP contribution in [-0.2, 0) is 0 Å². The normalized spacial score (nSPS) is 12.6. The van der Waals surface area contributed by atoms with E-state index in [1.807, 2.05) is 0 Å². The summed E-state index contributed by atoms with van der Waals surface area (Å²) in [6.07, 6.45) is 1.36. The molecule has 0 radical (unpaired) electrons. The van der Waals surface area contributed by atoms with Gasteiger partial charge in [0.05, 0.1) is 6.04 Å². The van der Waals surface area contributed by atoms with Crippen molar-refractivity contribution in [3.63, 3.8) is 0 Å². The molecule has 64 valence electrons. The molecule has 0 aliphatic heterocycles. The van der Waals surface area contributed by atoms with Gasteiger partial charge in [0.25, 0.3) is 0 Å². The minimum absolute atomic E-state index is 0.130. The molecular formula is C9H9F2N. The van der Waals surface area contributed by atoms with Crippen LogP contribution < -0.4 is 5.73 Å². The number of rotatable bonds is 2. The van der Waals surface area contributed by atoms with Crippen molar-refractivity contribution in [3.05, 3.63) is 48.1 Å². The lowest BCUT2D eigenvalue weighted by Crippen LogP contribution is -2.08. The lowest BCUT2D eigenvalue weighted by Gasteiger charge is -2.07. The van der Waals surface area contributed by atoms with Gasteiger partial charge in [0.2, 0.25) is 0 Å². The van der Waals surface area contributed by atoms with Crippen LogP contribution in [0.5, 0.6) is 0 Å². The van der Waals surface area contributed by atoms with Crippen LogP contribution in [0, 0.1) is 11.6 Å². The third-order valence-corrected chi connectivity index (χ3v) is 1.57. The van der Waals surface area contributed by atoms with Crippen LogP contribution in [0.3, 0.4) is 0 Å². The van der Waals surface area contributed by atoms with Crippen LogP contribution in [0.4, 0.5) is 8.78 Å². The van der Waals surface area contributed by atoms with Crippen molar-refractivity contribution in [2.45, 2.75) is 6.04 Å². The molecule has 0 bridgehead atoms. The fourth-order valence-corrected chi connectivity index (χ4v) is 0.897. The second kappa shape index (κ2) is 3.45. The molecule has 1 aromatic rings. The number of benzene rings is 1. The average Bonchev–Trinajstić information content (AvgIpc) is 2.08. The molecule has 0 spiro atoms. The summed E-state index contributed by atoms with van der Waals surface area (Å²) >= 11 is 0. The van der Waals surface area contributed by atoms with E-state index < -0.39 is 17.7 Å². The van der Waals surface area contributed by atoms with Crippen LogP contribution in [0.25, 0.3) is 0 Å². The third-order valence-electron chi connectivity index (χ3n) is 1.57. The molecule has 1 rings (SSSR count). The molecule has 0 saturated heterocycles. The first-order valence-electron chi connectivity index (χ1n) is 3.48. The lowest BCUT2D eigenvalue weighted by molar-refractivity contribution is 0.579. The number of halogens is 2. The highest BCUT2D eigenvalue weighted by Gasteiger charge is 2.08. The molecule has 0 heterocycles. The molecule has 1 atom stereocenters. The molecular weight excluding hydrogens is 160 g/mol. The van der Waals surface area contributed by atoms with Gasteiger partial charge in [-0.3, -0.25) is 0 Å². The van der Waals surface area contributed by atoms with Gasteiger partial charge in [-0.25, -0.2) is 8.78 Å². The quantitative estimate of drug-likeness (QED) is 0.674. The Bertz CT molecular complexity index is 297. The highest BCUT2D eigenvalue weighted by molar-refractivity contribution is 5.24. The first-order valence-corrected chi connectivity index (χ1v) is 3.48. The van der Waals surface area contributed by atoms with Gasteiger partial charge in [0.1, 0.15) is 11.6 Å². The monoisotopic (exact) mass is 169 g/mol. The van der Waals surface area contributed by atoms with Gasteiger partial charge in [-0.15, -0.1) is 6.58 Å². The van der Waals surface area contributed by atoms with Crippen LogP contribution in [0.1, 0.15) is 11.6 Å². The standard InChI is InChI=1S/C9H9F2N/c1-2-9(12)7-5-6(10)3-4-8(7)11/h2-5,9H,1,12H2/t9-/m1/s1. The SMILES string of the molecule is C=C[C@@H](N)c1cc(F)ccc1F. The van der Waals surface area contributed by atoms with Gasteiger partial charge in [0, 0.05) is 5.56 Å². The molecule has 0 aliphatic carbocycles. The van der Waals surface area contributed by atoms with Crippen molar-refractivity contribution in [3.8, 4) is 0 Å². The van der Waals surface area contributed by atoms with E-state index in [0.29, 0.717) is 0 Å². The van der Waals surface area contributed by atoms with E-state index in [1.165, 1.54) is 6.08 Å². The predicted octanol–water partition coefficient (Wildman–Crippen LogP) is 2.15. The van der Waals surface area contributed by atoms with Gasteiger partial charge >= 0.3 is 0 Å². The van der Waals surface area contributed by atoms with Crippen molar-refractivity contribution in [2.75, 3.05) is 0 Å². The van der Waals surface area contributed by atoms with E-state index in [4.69, 9.17) is 5.73 Å². The zero-order chi connectivity index (χ0) is 9.14. The topological polar surface area (TPSA) is 26.0 Å². The summed E-state index contributed by atoms with van der Waals surface area (Å²) in [5.74, 6) is -1.01. The molecule has 12 heavy (non-hydrogen) atoms. The summed E-state index contributed by atoms with van der Waals surface area (Å²) in [4.78, 5) is 0. The predicted molar refractivity (Wildman–Crippen MR) is 43.5 cm³/mol. The fourth-order valence-electron chi connectivity index (χ4n) is 0.897. The number of nitrogens with two attached hydrogens (primary N) is 1. The van der Waals surface area contributed by atoms with Gasteiger partial charge in [0.15, 0.2) is 0 Å². The molecule has 0 unspecified atom stereocenters. The molecule has 1 aromatic carbocycles. The van der Waals surface area contributed by atoms with Crippen LogP contribution in [-0.4, -0.2) is 0 Å². The Kier molecular flexibility index (Phi) is 2.55. The highest BCUT2D eigenvalue weighted by Crippen LogP contribution is 2.16. The Balaban J connectivity index is 3.12. The van der Waals surface area contributed by atoms with Gasteiger partial charge in [-0.05, 0) is 18.2 Å². The average molecular weight is 169 g/mol. The van der Waals surface area contributed by atoms with E-state index >= 15 is 0 Å². The van der Waals surface area contributed by atoms with Crippen LogP contribution >= 0.6 is 0 Å². The maximum absolute atomic E-state index is 12.9. The van der Waals surface area contributed by atoms with Crippen LogP contribution in [0.2, 0.25) is 0 Å². The van der Waals surface area contributed by atoms with Crippen molar-refractivity contribution in [1.82, 2.24) is 0 Å². The maximum atomic E-state index is 12.9. The minimum Gasteiger partial charge on any atom is -0.321 e. The van der Waals surface area contributed by atoms with E-state index in [1.54, 1.807) is 0 Å². The van der Waals surface area contributed by atoms with Gasteiger partial charge in [-0.2, -0.15) is 0 Å². The summed E-state index contributed by atoms with van der Waals surface area (Å²) in [7, 11) is 0. The fraction of sp³-hybridized carbons (Fsp3) is 0.111. The third kappa shape index (κ3) is 1.68. The lowest BCUT2D eigenvalue weighted by atomic mass is 10.1. The zero-order valence-corrected chi connectivity index (χ0v) is 6.43. The highest BCUT2D eigenvalue weighted by atomic mass is 19.1. The van der Waals surface area contributed by atoms with Crippen molar-refractivity contribution in [1.29, 1.82) is 0 Å². The molecule has 0 fully saturated rings. The molecule has 0 saturated carbocycles. The largest absolute Gasteiger partial charge is 0.321 e. The molecule has 2 N–H and O–H groups in total. The first-order chi connectivity index (χ1) is 5.65. The van der Waals surface area contributed by atoms with E-state index in [9.17, 15) is 8.78 Å². The number of hydrogen-bond donors (Lipinski definition) is 1. The van der Waals surface area contributed by atoms with Gasteiger partial charge < -0.3 is 5.73 Å². The molecule has 3 heteroatoms. The summed E-state index contributed by atoms with van der Waals surface area (Å²) < 4.78 is 25.5. The smallest absolute Gasteiger partial charge is 0.128 e. The van der Waals surface area contributed by atoms with E-state index in [-0.39, 0.29) is 5.56 Å². The Labute approximate surface area is 69.5 Å². The molecule has 0 aromatic heterocycles. The Morgan fingerprint density at radius 3 is 2.67 bits per heavy atom. The Morgan fingerprint density at radius 2 is 2.08 bits per heavy atom. The van der Waals surface area contributed by atoms with Crippen molar-refractivity contribution < 1.29 is 8.78 Å². The van der Waals surface area contributed by atoms with Crippen molar-refractivity contribution >= 4 is 0 Å². The second-order valence-electron chi connectivity index (χ2n) is 2.43. The first kappa shape index (κ1) is 8.87. The van der Waals surface area contributed by atoms with Crippen molar-refractivity contribution in [2.24, 2.45) is 5.73 Å². The van der Waals surface area contributed by atoms with E-state index in [0.717, 1.165) is 18.2 Å². The summed E-state index contributed by atoms with van der Waals surface area (Å²) in [6.45, 7) is 3.39. The molecule has 1 nitrogen and oxygen atoms in total.